The van der Waals surface area contributed by atoms with E-state index in [1.165, 1.54) is 0 Å². The minimum absolute atomic E-state index is 0.0468. The quantitative estimate of drug-likeness (QED) is 0.773. The van der Waals surface area contributed by atoms with Crippen LogP contribution in [0.3, 0.4) is 0 Å². The molecule has 1 heterocycles. The molecule has 0 aliphatic carbocycles. The van der Waals surface area contributed by atoms with E-state index in [0.717, 1.165) is 31.7 Å². The highest BCUT2D eigenvalue weighted by Gasteiger charge is 2.05. The number of aromatic nitrogens is 2. The number of nitrogens with zero attached hydrogens (tertiary/aromatic N) is 3. The number of aliphatic hydroxyl groups is 1. The molecule has 0 atom stereocenters. The maximum Gasteiger partial charge on any atom is 0.147 e. The van der Waals surface area contributed by atoms with Crippen molar-refractivity contribution in [3.05, 3.63) is 18.1 Å². The molecule has 0 bridgehead atoms. The van der Waals surface area contributed by atoms with Gasteiger partial charge < -0.3 is 10.0 Å². The third-order valence-electron chi connectivity index (χ3n) is 2.16. The molecule has 1 aromatic rings. The fourth-order valence-corrected chi connectivity index (χ4v) is 1.47. The normalized spacial score (nSPS) is 10.3. The first-order chi connectivity index (χ1) is 7.31. The van der Waals surface area contributed by atoms with Crippen LogP contribution >= 0.6 is 0 Å². The number of hydrogen-bond acceptors (Lipinski definition) is 4. The molecule has 4 nitrogen and oxygen atoms in total. The van der Waals surface area contributed by atoms with E-state index in [9.17, 15) is 0 Å². The first-order valence-electron chi connectivity index (χ1n) is 5.48. The van der Waals surface area contributed by atoms with Gasteiger partial charge in [-0.15, -0.1) is 0 Å². The molecule has 4 heteroatoms. The van der Waals surface area contributed by atoms with Crippen molar-refractivity contribution in [3.63, 3.8) is 0 Å². The van der Waals surface area contributed by atoms with Gasteiger partial charge in [0.1, 0.15) is 5.82 Å². The smallest absolute Gasteiger partial charge is 0.147 e. The highest BCUT2D eigenvalue weighted by atomic mass is 16.3. The number of anilines is 1. The van der Waals surface area contributed by atoms with Crippen LogP contribution in [0.4, 0.5) is 5.82 Å². The summed E-state index contributed by atoms with van der Waals surface area (Å²) >= 11 is 0. The average molecular weight is 209 g/mol. The molecule has 0 spiro atoms. The zero-order valence-electron chi connectivity index (χ0n) is 9.48. The van der Waals surface area contributed by atoms with Gasteiger partial charge in [0.2, 0.25) is 0 Å². The molecule has 0 aliphatic heterocycles. The Kier molecular flexibility index (Phi) is 5.04. The molecule has 0 saturated heterocycles. The molecule has 0 aliphatic rings. The molecule has 1 aromatic heterocycles. The third-order valence-corrected chi connectivity index (χ3v) is 2.16. The van der Waals surface area contributed by atoms with Gasteiger partial charge in [-0.3, -0.25) is 4.98 Å². The fourth-order valence-electron chi connectivity index (χ4n) is 1.47. The largest absolute Gasteiger partial charge is 0.390 e. The maximum absolute atomic E-state index is 8.86. The summed E-state index contributed by atoms with van der Waals surface area (Å²) in [5, 5.41) is 8.86. The van der Waals surface area contributed by atoms with Crippen molar-refractivity contribution in [3.8, 4) is 0 Å². The van der Waals surface area contributed by atoms with E-state index in [4.69, 9.17) is 5.11 Å². The highest BCUT2D eigenvalue weighted by molar-refractivity contribution is 5.35. The summed E-state index contributed by atoms with van der Waals surface area (Å²) in [6.45, 7) is 6.26. The molecule has 0 fully saturated rings. The molecule has 0 amide bonds. The van der Waals surface area contributed by atoms with Crippen molar-refractivity contribution in [2.75, 3.05) is 18.0 Å². The van der Waals surface area contributed by atoms with E-state index in [1.807, 2.05) is 0 Å². The van der Waals surface area contributed by atoms with Crippen molar-refractivity contribution in [2.24, 2.45) is 0 Å². The van der Waals surface area contributed by atoms with Gasteiger partial charge in [-0.1, -0.05) is 13.8 Å². The van der Waals surface area contributed by atoms with Gasteiger partial charge >= 0.3 is 0 Å². The van der Waals surface area contributed by atoms with E-state index < -0.39 is 0 Å². The lowest BCUT2D eigenvalue weighted by molar-refractivity contribution is 0.276. The van der Waals surface area contributed by atoms with Gasteiger partial charge in [-0.25, -0.2) is 4.98 Å². The molecule has 1 N–H and O–H groups in total. The van der Waals surface area contributed by atoms with Crippen molar-refractivity contribution in [1.82, 2.24) is 9.97 Å². The summed E-state index contributed by atoms with van der Waals surface area (Å²) in [5.74, 6) is 0.899. The lowest BCUT2D eigenvalue weighted by atomic mass is 10.3. The Morgan fingerprint density at radius 1 is 1.13 bits per heavy atom. The second-order valence-corrected chi connectivity index (χ2v) is 3.51. The standard InChI is InChI=1S/C11H19N3O/c1-3-5-14(6-4-2)11-8-12-10(9-15)7-13-11/h7-8,15H,3-6,9H2,1-2H3. The van der Waals surface area contributed by atoms with Crippen LogP contribution in [0.25, 0.3) is 0 Å². The molecule has 15 heavy (non-hydrogen) atoms. The Labute approximate surface area is 91.0 Å². The highest BCUT2D eigenvalue weighted by Crippen LogP contribution is 2.10. The topological polar surface area (TPSA) is 49.2 Å². The second kappa shape index (κ2) is 6.35. The lowest BCUT2D eigenvalue weighted by Crippen LogP contribution is -2.26. The molecule has 0 aromatic carbocycles. The van der Waals surface area contributed by atoms with Crippen LogP contribution in [0.2, 0.25) is 0 Å². The average Bonchev–Trinajstić information content (AvgIpc) is 2.29. The predicted octanol–water partition coefficient (Wildman–Crippen LogP) is 1.60. The fraction of sp³-hybridized carbons (Fsp3) is 0.636. The summed E-state index contributed by atoms with van der Waals surface area (Å²) in [6, 6.07) is 0. The van der Waals surface area contributed by atoms with Gasteiger partial charge in [0.05, 0.1) is 24.7 Å². The van der Waals surface area contributed by atoms with Crippen molar-refractivity contribution in [1.29, 1.82) is 0 Å². The van der Waals surface area contributed by atoms with E-state index in [-0.39, 0.29) is 6.61 Å². The maximum atomic E-state index is 8.86. The van der Waals surface area contributed by atoms with Crippen molar-refractivity contribution >= 4 is 5.82 Å². The zero-order valence-corrected chi connectivity index (χ0v) is 9.48. The summed E-state index contributed by atoms with van der Waals surface area (Å²) < 4.78 is 0. The Morgan fingerprint density at radius 3 is 2.20 bits per heavy atom. The Morgan fingerprint density at radius 2 is 1.80 bits per heavy atom. The number of rotatable bonds is 6. The van der Waals surface area contributed by atoms with Gasteiger partial charge in [0, 0.05) is 13.1 Å². The van der Waals surface area contributed by atoms with E-state index in [1.54, 1.807) is 12.4 Å². The van der Waals surface area contributed by atoms with Gasteiger partial charge in [0.25, 0.3) is 0 Å². The Balaban J connectivity index is 2.72. The molecule has 0 radical (unpaired) electrons. The predicted molar refractivity (Wildman–Crippen MR) is 60.7 cm³/mol. The molecule has 1 rings (SSSR count). The van der Waals surface area contributed by atoms with Crippen molar-refractivity contribution in [2.45, 2.75) is 33.3 Å². The Bertz CT molecular complexity index is 268. The first-order valence-corrected chi connectivity index (χ1v) is 5.48. The molecule has 0 saturated carbocycles. The summed E-state index contributed by atoms with van der Waals surface area (Å²) in [5.41, 5.74) is 0.617. The molecular weight excluding hydrogens is 190 g/mol. The van der Waals surface area contributed by atoms with E-state index in [0.29, 0.717) is 5.69 Å². The van der Waals surface area contributed by atoms with Crippen LogP contribution in [0, 0.1) is 0 Å². The lowest BCUT2D eigenvalue weighted by Gasteiger charge is -2.21. The first kappa shape index (κ1) is 11.9. The molecule has 0 unspecified atom stereocenters. The number of aliphatic hydroxyl groups excluding tert-OH is 1. The minimum atomic E-state index is -0.0468. The van der Waals surface area contributed by atoms with Crippen LogP contribution in [0.5, 0.6) is 0 Å². The van der Waals surface area contributed by atoms with E-state index in [2.05, 4.69) is 28.7 Å². The van der Waals surface area contributed by atoms with Crippen molar-refractivity contribution < 1.29 is 5.11 Å². The number of hydrogen-bond donors (Lipinski definition) is 1. The molecular formula is C11H19N3O. The van der Waals surface area contributed by atoms with Gasteiger partial charge in [0.15, 0.2) is 0 Å². The van der Waals surface area contributed by atoms with Crippen LogP contribution in [0.1, 0.15) is 32.4 Å². The molecule has 84 valence electrons. The minimum Gasteiger partial charge on any atom is -0.390 e. The van der Waals surface area contributed by atoms with E-state index >= 15 is 0 Å². The summed E-state index contributed by atoms with van der Waals surface area (Å²) in [6.07, 6.45) is 5.57. The second-order valence-electron chi connectivity index (χ2n) is 3.51. The summed E-state index contributed by atoms with van der Waals surface area (Å²) in [4.78, 5) is 10.6. The zero-order chi connectivity index (χ0) is 11.1. The van der Waals surface area contributed by atoms with Crippen LogP contribution in [-0.2, 0) is 6.61 Å². The van der Waals surface area contributed by atoms with Gasteiger partial charge in [-0.05, 0) is 12.8 Å². The van der Waals surface area contributed by atoms with Crippen LogP contribution in [0.15, 0.2) is 12.4 Å². The third kappa shape index (κ3) is 3.47. The van der Waals surface area contributed by atoms with Gasteiger partial charge in [-0.2, -0.15) is 0 Å². The summed E-state index contributed by atoms with van der Waals surface area (Å²) in [7, 11) is 0. The van der Waals surface area contributed by atoms with Crippen LogP contribution < -0.4 is 4.90 Å². The van der Waals surface area contributed by atoms with Crippen LogP contribution in [-0.4, -0.2) is 28.2 Å². The Hall–Kier alpha value is -1.16. The monoisotopic (exact) mass is 209 g/mol. The SMILES string of the molecule is CCCN(CCC)c1cnc(CO)cn1.